The molecule has 8 nitrogen and oxygen atoms in total. The number of oxazole rings is 3. The highest BCUT2D eigenvalue weighted by atomic mass is 28.3. The predicted molar refractivity (Wildman–Crippen MR) is 100 cm³/mol. The Morgan fingerprint density at radius 2 is 1.59 bits per heavy atom. The highest BCUT2D eigenvalue weighted by Gasteiger charge is 2.41. The highest BCUT2D eigenvalue weighted by molar-refractivity contribution is 6.90. The molecular weight excluding hydrogens is 366 g/mol. The van der Waals surface area contributed by atoms with Gasteiger partial charge in [-0.2, -0.15) is 0 Å². The smallest absolute Gasteiger partial charge is 0.360 e. The molecule has 3 heterocycles. The maximum absolute atomic E-state index is 11.7. The maximum Gasteiger partial charge on any atom is 0.360 e. The number of ether oxygens (including phenoxy) is 1. The summed E-state index contributed by atoms with van der Waals surface area (Å²) in [6.07, 6.45) is 4.18. The van der Waals surface area contributed by atoms with Gasteiger partial charge in [0.15, 0.2) is 30.7 Å². The number of carbonyl (C=O) groups excluding carboxylic acids is 1. The summed E-state index contributed by atoms with van der Waals surface area (Å²) in [7, 11) is -1.90. The van der Waals surface area contributed by atoms with Crippen molar-refractivity contribution in [3.63, 3.8) is 0 Å². The molecule has 0 aliphatic rings. The van der Waals surface area contributed by atoms with Crippen LogP contribution in [0.4, 0.5) is 0 Å². The normalized spacial score (nSPS) is 12.4. The fraction of sp³-hybridized carbons (Fsp3) is 0.444. The summed E-state index contributed by atoms with van der Waals surface area (Å²) in [6.45, 7) is 13.0. The third-order valence-electron chi connectivity index (χ3n) is 4.85. The molecule has 0 atom stereocenters. The lowest BCUT2D eigenvalue weighted by Gasteiger charge is -2.33. The van der Waals surface area contributed by atoms with Crippen molar-refractivity contribution in [1.29, 1.82) is 0 Å². The van der Waals surface area contributed by atoms with Crippen molar-refractivity contribution in [2.75, 3.05) is 6.61 Å². The van der Waals surface area contributed by atoms with Crippen molar-refractivity contribution in [3.05, 3.63) is 24.5 Å². The molecule has 0 saturated carbocycles. The van der Waals surface area contributed by atoms with Crippen LogP contribution in [-0.4, -0.2) is 35.6 Å². The SMILES string of the molecule is CCOC(=O)c1coc(-c2coc(-c3coc([Si](C)(C)C(C)(C)C)n3)n2)n1. The molecule has 3 rings (SSSR count). The van der Waals surface area contributed by atoms with E-state index in [9.17, 15) is 4.79 Å². The van der Waals surface area contributed by atoms with Gasteiger partial charge in [0.05, 0.1) is 6.61 Å². The van der Waals surface area contributed by atoms with Gasteiger partial charge in [-0.05, 0) is 12.0 Å². The second-order valence-corrected chi connectivity index (χ2v) is 12.9. The quantitative estimate of drug-likeness (QED) is 0.478. The summed E-state index contributed by atoms with van der Waals surface area (Å²) in [4.78, 5) is 24.7. The summed E-state index contributed by atoms with van der Waals surface area (Å²) in [5.41, 5.74) is 1.69. The van der Waals surface area contributed by atoms with Crippen molar-refractivity contribution < 1.29 is 22.8 Å². The zero-order chi connectivity index (χ0) is 19.8. The Labute approximate surface area is 158 Å². The third kappa shape index (κ3) is 3.59. The standard InChI is InChI=1S/C18H23N3O5Si/c1-7-23-16(22)13-10-25-14(20-13)11-8-24-15(19-11)12-9-26-17(21-12)27(5,6)18(2,3)4/h8-10H,7H2,1-6H3. The number of nitrogens with zero attached hydrogens (tertiary/aromatic N) is 3. The van der Waals surface area contributed by atoms with E-state index in [0.717, 1.165) is 5.51 Å². The summed E-state index contributed by atoms with van der Waals surface area (Å²) in [6, 6.07) is 0. The molecule has 0 aliphatic heterocycles. The molecule has 0 radical (unpaired) electrons. The van der Waals surface area contributed by atoms with Crippen molar-refractivity contribution in [3.8, 4) is 23.2 Å². The van der Waals surface area contributed by atoms with Gasteiger partial charge in [-0.1, -0.05) is 33.9 Å². The van der Waals surface area contributed by atoms with E-state index in [4.69, 9.17) is 18.0 Å². The number of hydrogen-bond acceptors (Lipinski definition) is 8. The average Bonchev–Trinajstić information content (AvgIpc) is 3.32. The van der Waals surface area contributed by atoms with Crippen molar-refractivity contribution in [2.24, 2.45) is 0 Å². The zero-order valence-corrected chi connectivity index (χ0v) is 17.3. The highest BCUT2D eigenvalue weighted by Crippen LogP contribution is 2.35. The van der Waals surface area contributed by atoms with E-state index in [0.29, 0.717) is 17.3 Å². The number of carbonyl (C=O) groups is 1. The lowest BCUT2D eigenvalue weighted by atomic mass is 10.2. The van der Waals surface area contributed by atoms with Crippen LogP contribution in [0.1, 0.15) is 38.2 Å². The molecule has 0 amide bonds. The van der Waals surface area contributed by atoms with Crippen molar-refractivity contribution in [2.45, 2.75) is 45.8 Å². The van der Waals surface area contributed by atoms with Gasteiger partial charge in [-0.3, -0.25) is 0 Å². The van der Waals surface area contributed by atoms with Gasteiger partial charge in [0.1, 0.15) is 18.8 Å². The predicted octanol–water partition coefficient (Wildman–Crippen LogP) is 3.88. The topological polar surface area (TPSA) is 104 Å². The molecule has 3 aromatic heterocycles. The van der Waals surface area contributed by atoms with E-state index in [1.807, 2.05) is 0 Å². The molecule has 0 spiro atoms. The number of rotatable bonds is 5. The Morgan fingerprint density at radius 1 is 1.00 bits per heavy atom. The van der Waals surface area contributed by atoms with Crippen LogP contribution in [0.25, 0.3) is 23.2 Å². The molecule has 0 saturated heterocycles. The Balaban J connectivity index is 1.84. The van der Waals surface area contributed by atoms with E-state index in [1.165, 1.54) is 12.5 Å². The number of esters is 1. The minimum atomic E-state index is -1.90. The summed E-state index contributed by atoms with van der Waals surface area (Å²) in [5, 5.41) is 0.0957. The molecule has 144 valence electrons. The fourth-order valence-electron chi connectivity index (χ4n) is 2.16. The molecule has 0 unspecified atom stereocenters. The van der Waals surface area contributed by atoms with Crippen LogP contribution in [-0.2, 0) is 4.74 Å². The van der Waals surface area contributed by atoms with Crippen LogP contribution in [0.15, 0.2) is 32.0 Å². The zero-order valence-electron chi connectivity index (χ0n) is 16.3. The Hall–Kier alpha value is -2.68. The number of hydrogen-bond donors (Lipinski definition) is 0. The largest absolute Gasteiger partial charge is 0.461 e. The maximum atomic E-state index is 11.7. The van der Waals surface area contributed by atoms with Crippen LogP contribution < -0.4 is 5.51 Å². The molecule has 3 aromatic rings. The van der Waals surface area contributed by atoms with Crippen LogP contribution in [0.2, 0.25) is 18.1 Å². The molecular formula is C18H23N3O5Si. The summed E-state index contributed by atoms with van der Waals surface area (Å²) >= 11 is 0. The van der Waals surface area contributed by atoms with Crippen LogP contribution in [0, 0.1) is 0 Å². The first-order valence-electron chi connectivity index (χ1n) is 8.68. The summed E-state index contributed by atoms with van der Waals surface area (Å²) in [5.74, 6) is -0.0810. The van der Waals surface area contributed by atoms with Crippen molar-refractivity contribution >= 4 is 19.6 Å². The van der Waals surface area contributed by atoms with Gasteiger partial charge in [-0.25, -0.2) is 19.7 Å². The van der Waals surface area contributed by atoms with E-state index < -0.39 is 14.0 Å². The fourth-order valence-corrected chi connectivity index (χ4v) is 3.55. The Kier molecular flexibility index (Phi) is 4.81. The Bertz CT molecular complexity index is 948. The minimum absolute atomic E-state index is 0.0815. The van der Waals surface area contributed by atoms with E-state index in [1.54, 1.807) is 13.2 Å². The minimum Gasteiger partial charge on any atom is -0.461 e. The van der Waals surface area contributed by atoms with Gasteiger partial charge >= 0.3 is 5.97 Å². The van der Waals surface area contributed by atoms with Gasteiger partial charge in [0.2, 0.25) is 11.8 Å². The van der Waals surface area contributed by atoms with Crippen LogP contribution in [0.3, 0.4) is 0 Å². The first-order valence-corrected chi connectivity index (χ1v) is 11.7. The first-order chi connectivity index (χ1) is 12.6. The lowest BCUT2D eigenvalue weighted by molar-refractivity contribution is 0.0519. The molecule has 0 aromatic carbocycles. The van der Waals surface area contributed by atoms with E-state index in [-0.39, 0.29) is 23.2 Å². The van der Waals surface area contributed by atoms with Crippen LogP contribution in [0.5, 0.6) is 0 Å². The number of aromatic nitrogens is 3. The van der Waals surface area contributed by atoms with Crippen LogP contribution >= 0.6 is 0 Å². The van der Waals surface area contributed by atoms with E-state index in [2.05, 4.69) is 48.8 Å². The molecule has 27 heavy (non-hydrogen) atoms. The second-order valence-electron chi connectivity index (χ2n) is 7.71. The molecule has 0 N–H and O–H groups in total. The second kappa shape index (κ2) is 6.80. The lowest BCUT2D eigenvalue weighted by Crippen LogP contribution is -2.50. The van der Waals surface area contributed by atoms with E-state index >= 15 is 0 Å². The molecule has 0 fully saturated rings. The average molecular weight is 389 g/mol. The van der Waals surface area contributed by atoms with Gasteiger partial charge in [0, 0.05) is 0 Å². The Morgan fingerprint density at radius 3 is 2.26 bits per heavy atom. The van der Waals surface area contributed by atoms with Gasteiger partial charge in [0.25, 0.3) is 0 Å². The van der Waals surface area contributed by atoms with Gasteiger partial charge in [-0.15, -0.1) is 0 Å². The molecule has 0 bridgehead atoms. The monoisotopic (exact) mass is 389 g/mol. The molecule has 9 heteroatoms. The summed E-state index contributed by atoms with van der Waals surface area (Å²) < 4.78 is 21.4. The third-order valence-corrected chi connectivity index (χ3v) is 9.89. The van der Waals surface area contributed by atoms with Gasteiger partial charge < -0.3 is 18.0 Å². The van der Waals surface area contributed by atoms with Crippen molar-refractivity contribution in [1.82, 2.24) is 15.0 Å². The first kappa shape index (κ1) is 19.1. The molecule has 0 aliphatic carbocycles.